The van der Waals surface area contributed by atoms with E-state index in [-0.39, 0.29) is 5.91 Å². The minimum atomic E-state index is -0.0540. The van der Waals surface area contributed by atoms with Crippen LogP contribution in [0.2, 0.25) is 0 Å². The number of halogens is 1. The average molecular weight is 323 g/mol. The van der Waals surface area contributed by atoms with Crippen molar-refractivity contribution in [1.29, 1.82) is 0 Å². The van der Waals surface area contributed by atoms with Gasteiger partial charge in [0, 0.05) is 29.1 Å². The number of carbonyl (C=O) groups excluding carboxylic acids is 1. The Hall–Kier alpha value is -1.62. The summed E-state index contributed by atoms with van der Waals surface area (Å²) in [5, 5.41) is 6.70. The van der Waals surface area contributed by atoms with E-state index in [2.05, 4.69) is 26.4 Å². The highest BCUT2D eigenvalue weighted by atomic mass is 79.9. The molecule has 1 amide bonds. The predicted molar refractivity (Wildman–Crippen MR) is 76.1 cm³/mol. The van der Waals surface area contributed by atoms with Gasteiger partial charge < -0.3 is 9.84 Å². The third kappa shape index (κ3) is 3.67. The molecule has 2 aromatic rings. The number of hydrogen-bond donors (Lipinski definition) is 1. The standard InChI is InChI=1S/C14H15BrN2O2/c1-2-10-3-4-11(15)9-13(10)14(18)16-7-5-12-6-8-19-17-12/h3-4,6,8-9H,2,5,7H2,1H3,(H,16,18). The Kier molecular flexibility index (Phi) is 4.74. The minimum absolute atomic E-state index is 0.0540. The van der Waals surface area contributed by atoms with Gasteiger partial charge in [-0.2, -0.15) is 0 Å². The van der Waals surface area contributed by atoms with Crippen LogP contribution in [0.25, 0.3) is 0 Å². The van der Waals surface area contributed by atoms with Gasteiger partial charge >= 0.3 is 0 Å². The van der Waals surface area contributed by atoms with Crippen LogP contribution in [0.1, 0.15) is 28.5 Å². The zero-order valence-electron chi connectivity index (χ0n) is 10.6. The maximum Gasteiger partial charge on any atom is 0.251 e. The van der Waals surface area contributed by atoms with Crippen molar-refractivity contribution in [3.05, 3.63) is 51.8 Å². The molecule has 0 radical (unpaired) electrons. The molecule has 1 aromatic heterocycles. The van der Waals surface area contributed by atoms with Crippen molar-refractivity contribution in [2.45, 2.75) is 19.8 Å². The van der Waals surface area contributed by atoms with Gasteiger partial charge in [0.1, 0.15) is 6.26 Å². The van der Waals surface area contributed by atoms with Crippen molar-refractivity contribution in [2.24, 2.45) is 0 Å². The average Bonchev–Trinajstić information content (AvgIpc) is 2.91. The van der Waals surface area contributed by atoms with Crippen LogP contribution in [0.5, 0.6) is 0 Å². The van der Waals surface area contributed by atoms with Crippen LogP contribution in [0.15, 0.2) is 39.5 Å². The maximum absolute atomic E-state index is 12.1. The molecule has 100 valence electrons. The molecule has 0 aliphatic rings. The van der Waals surface area contributed by atoms with Gasteiger partial charge in [-0.1, -0.05) is 34.1 Å². The number of hydrogen-bond acceptors (Lipinski definition) is 3. The first-order chi connectivity index (χ1) is 9.20. The highest BCUT2D eigenvalue weighted by molar-refractivity contribution is 9.10. The summed E-state index contributed by atoms with van der Waals surface area (Å²) in [6, 6.07) is 7.56. The molecule has 0 bridgehead atoms. The van der Waals surface area contributed by atoms with E-state index in [0.717, 1.165) is 27.7 Å². The van der Waals surface area contributed by atoms with E-state index < -0.39 is 0 Å². The van der Waals surface area contributed by atoms with E-state index in [1.165, 1.54) is 6.26 Å². The molecule has 19 heavy (non-hydrogen) atoms. The van der Waals surface area contributed by atoms with Gasteiger partial charge in [0.15, 0.2) is 0 Å². The maximum atomic E-state index is 12.1. The van der Waals surface area contributed by atoms with E-state index in [4.69, 9.17) is 4.52 Å². The van der Waals surface area contributed by atoms with Gasteiger partial charge in [-0.05, 0) is 24.1 Å². The molecule has 0 aliphatic heterocycles. The van der Waals surface area contributed by atoms with Gasteiger partial charge in [0.05, 0.1) is 5.69 Å². The SMILES string of the molecule is CCc1ccc(Br)cc1C(=O)NCCc1ccon1. The Morgan fingerprint density at radius 1 is 1.42 bits per heavy atom. The largest absolute Gasteiger partial charge is 0.365 e. The van der Waals surface area contributed by atoms with Crippen LogP contribution in [0.3, 0.4) is 0 Å². The quantitative estimate of drug-likeness (QED) is 0.920. The lowest BCUT2D eigenvalue weighted by Gasteiger charge is -2.09. The van der Waals surface area contributed by atoms with Crippen molar-refractivity contribution in [3.63, 3.8) is 0 Å². The monoisotopic (exact) mass is 322 g/mol. The molecule has 5 heteroatoms. The Labute approximate surface area is 120 Å². The fraction of sp³-hybridized carbons (Fsp3) is 0.286. The molecule has 0 atom stereocenters. The molecule has 1 N–H and O–H groups in total. The lowest BCUT2D eigenvalue weighted by Crippen LogP contribution is -2.26. The zero-order valence-corrected chi connectivity index (χ0v) is 12.2. The summed E-state index contributed by atoms with van der Waals surface area (Å²) in [6.07, 6.45) is 3.03. The first-order valence-electron chi connectivity index (χ1n) is 6.16. The summed E-state index contributed by atoms with van der Waals surface area (Å²) in [7, 11) is 0. The number of amides is 1. The van der Waals surface area contributed by atoms with Gasteiger partial charge in [0.2, 0.25) is 0 Å². The van der Waals surface area contributed by atoms with Gasteiger partial charge in [-0.25, -0.2) is 0 Å². The zero-order chi connectivity index (χ0) is 13.7. The number of rotatable bonds is 5. The summed E-state index contributed by atoms with van der Waals surface area (Å²) < 4.78 is 5.65. The second-order valence-corrected chi connectivity index (χ2v) is 5.07. The van der Waals surface area contributed by atoms with Crippen molar-refractivity contribution < 1.29 is 9.32 Å². The summed E-state index contributed by atoms with van der Waals surface area (Å²) in [6.45, 7) is 2.58. The van der Waals surface area contributed by atoms with Crippen LogP contribution in [0, 0.1) is 0 Å². The second-order valence-electron chi connectivity index (χ2n) is 4.15. The lowest BCUT2D eigenvalue weighted by molar-refractivity contribution is 0.0953. The van der Waals surface area contributed by atoms with E-state index >= 15 is 0 Å². The number of aromatic nitrogens is 1. The number of aryl methyl sites for hydroxylation is 1. The third-order valence-electron chi connectivity index (χ3n) is 2.86. The first kappa shape index (κ1) is 13.8. The van der Waals surface area contributed by atoms with Crippen LogP contribution < -0.4 is 5.32 Å². The van der Waals surface area contributed by atoms with Crippen molar-refractivity contribution in [2.75, 3.05) is 6.54 Å². The molecule has 0 spiro atoms. The Morgan fingerprint density at radius 2 is 2.26 bits per heavy atom. The smallest absolute Gasteiger partial charge is 0.251 e. The van der Waals surface area contributed by atoms with Crippen LogP contribution in [-0.2, 0) is 12.8 Å². The van der Waals surface area contributed by atoms with Crippen LogP contribution in [-0.4, -0.2) is 17.6 Å². The molecule has 4 nitrogen and oxygen atoms in total. The normalized spacial score (nSPS) is 10.4. The molecule has 0 unspecified atom stereocenters. The highest BCUT2D eigenvalue weighted by Gasteiger charge is 2.10. The molecule has 0 saturated heterocycles. The summed E-state index contributed by atoms with van der Waals surface area (Å²) in [5.74, 6) is -0.0540. The van der Waals surface area contributed by atoms with Crippen LogP contribution >= 0.6 is 15.9 Å². The lowest BCUT2D eigenvalue weighted by atomic mass is 10.0. The molecular formula is C14H15BrN2O2. The number of nitrogens with zero attached hydrogens (tertiary/aromatic N) is 1. The van der Waals surface area contributed by atoms with E-state index in [1.54, 1.807) is 6.07 Å². The Bertz CT molecular complexity index is 553. The van der Waals surface area contributed by atoms with Crippen molar-refractivity contribution in [3.8, 4) is 0 Å². The number of benzene rings is 1. The minimum Gasteiger partial charge on any atom is -0.365 e. The summed E-state index contributed by atoms with van der Waals surface area (Å²) in [4.78, 5) is 12.1. The van der Waals surface area contributed by atoms with Crippen molar-refractivity contribution in [1.82, 2.24) is 10.5 Å². The fourth-order valence-electron chi connectivity index (χ4n) is 1.83. The summed E-state index contributed by atoms with van der Waals surface area (Å²) >= 11 is 3.39. The molecule has 2 rings (SSSR count). The molecule has 0 fully saturated rings. The number of carbonyl (C=O) groups is 1. The second kappa shape index (κ2) is 6.52. The Balaban J connectivity index is 1.97. The number of nitrogens with one attached hydrogen (secondary N) is 1. The fourth-order valence-corrected chi connectivity index (χ4v) is 2.20. The summed E-state index contributed by atoms with van der Waals surface area (Å²) in [5.41, 5.74) is 2.60. The molecule has 1 heterocycles. The van der Waals surface area contributed by atoms with Gasteiger partial charge in [0.25, 0.3) is 5.91 Å². The van der Waals surface area contributed by atoms with Gasteiger partial charge in [-0.3, -0.25) is 4.79 Å². The highest BCUT2D eigenvalue weighted by Crippen LogP contribution is 2.17. The molecule has 0 saturated carbocycles. The van der Waals surface area contributed by atoms with E-state index in [0.29, 0.717) is 13.0 Å². The van der Waals surface area contributed by atoms with Gasteiger partial charge in [-0.15, -0.1) is 0 Å². The Morgan fingerprint density at radius 3 is 2.95 bits per heavy atom. The van der Waals surface area contributed by atoms with Crippen molar-refractivity contribution >= 4 is 21.8 Å². The van der Waals surface area contributed by atoms with E-state index in [9.17, 15) is 4.79 Å². The topological polar surface area (TPSA) is 55.1 Å². The molecule has 0 aliphatic carbocycles. The first-order valence-corrected chi connectivity index (χ1v) is 6.96. The third-order valence-corrected chi connectivity index (χ3v) is 3.35. The predicted octanol–water partition coefficient (Wildman–Crippen LogP) is 2.97. The van der Waals surface area contributed by atoms with E-state index in [1.807, 2.05) is 25.1 Å². The van der Waals surface area contributed by atoms with Crippen LogP contribution in [0.4, 0.5) is 0 Å². The molecule has 1 aromatic carbocycles. The molecular weight excluding hydrogens is 308 g/mol.